The van der Waals surface area contributed by atoms with Crippen LogP contribution in [0.1, 0.15) is 39.7 Å². The van der Waals surface area contributed by atoms with Crippen molar-refractivity contribution in [1.29, 1.82) is 0 Å². The Balaban J connectivity index is 1.58. The Morgan fingerprint density at radius 2 is 2.03 bits per heavy atom. The van der Waals surface area contributed by atoms with Crippen LogP contribution in [0.5, 0.6) is 5.75 Å². The number of hydrogen-bond acceptors (Lipinski definition) is 7. The van der Waals surface area contributed by atoms with E-state index in [4.69, 9.17) is 14.2 Å². The predicted octanol–water partition coefficient (Wildman–Crippen LogP) is 3.62. The van der Waals surface area contributed by atoms with Gasteiger partial charge in [-0.25, -0.2) is 9.59 Å². The van der Waals surface area contributed by atoms with Gasteiger partial charge in [-0.1, -0.05) is 12.1 Å². The van der Waals surface area contributed by atoms with E-state index in [0.29, 0.717) is 16.3 Å². The zero-order valence-electron chi connectivity index (χ0n) is 16.9. The van der Waals surface area contributed by atoms with Crippen LogP contribution < -0.4 is 10.1 Å². The number of carbonyl (C=O) groups excluding carboxylic acids is 3. The number of anilines is 1. The first-order valence-electron chi connectivity index (χ1n) is 9.62. The molecule has 0 atom stereocenters. The number of esters is 2. The van der Waals surface area contributed by atoms with Gasteiger partial charge < -0.3 is 19.5 Å². The average molecular weight is 429 g/mol. The highest BCUT2D eigenvalue weighted by Gasteiger charge is 2.28. The monoisotopic (exact) mass is 429 g/mol. The van der Waals surface area contributed by atoms with Crippen molar-refractivity contribution in [3.63, 3.8) is 0 Å². The summed E-state index contributed by atoms with van der Waals surface area (Å²) < 4.78 is 15.3. The van der Waals surface area contributed by atoms with Gasteiger partial charge in [0.15, 0.2) is 6.61 Å². The first kappa shape index (κ1) is 21.6. The minimum atomic E-state index is -0.646. The molecule has 3 rings (SSSR count). The van der Waals surface area contributed by atoms with Crippen LogP contribution >= 0.6 is 11.3 Å². The molecule has 158 valence electrons. The number of carbonyl (C=O) groups is 3. The highest BCUT2D eigenvalue weighted by molar-refractivity contribution is 7.17. The standard InChI is InChI=1S/C22H23NO6S/c1-3-28-22(26)20-16-8-5-9-17(16)30-21(20)23-18(24)13-29-19(25)11-10-14-6-4-7-15(12-14)27-2/h4,6-7,10-12H,3,5,8-9,13H2,1-2H3,(H,23,24)/b11-10+. The van der Waals surface area contributed by atoms with Crippen molar-refractivity contribution in [2.24, 2.45) is 0 Å². The quantitative estimate of drug-likeness (QED) is 0.509. The molecule has 0 radical (unpaired) electrons. The van der Waals surface area contributed by atoms with E-state index in [1.807, 2.05) is 6.07 Å². The van der Waals surface area contributed by atoms with E-state index in [9.17, 15) is 14.4 Å². The highest BCUT2D eigenvalue weighted by Crippen LogP contribution is 2.39. The maximum Gasteiger partial charge on any atom is 0.341 e. The van der Waals surface area contributed by atoms with E-state index in [2.05, 4.69) is 5.32 Å². The fourth-order valence-corrected chi connectivity index (χ4v) is 4.46. The van der Waals surface area contributed by atoms with E-state index < -0.39 is 24.5 Å². The summed E-state index contributed by atoms with van der Waals surface area (Å²) in [6.07, 6.45) is 5.47. The smallest absolute Gasteiger partial charge is 0.341 e. The van der Waals surface area contributed by atoms with Gasteiger partial charge in [-0.05, 0) is 55.5 Å². The lowest BCUT2D eigenvalue weighted by Gasteiger charge is -2.08. The summed E-state index contributed by atoms with van der Waals surface area (Å²) in [4.78, 5) is 37.6. The second kappa shape index (κ2) is 10.1. The summed E-state index contributed by atoms with van der Waals surface area (Å²) in [5.74, 6) is -0.925. The Hall–Kier alpha value is -3.13. The summed E-state index contributed by atoms with van der Waals surface area (Å²) in [5, 5.41) is 3.13. The molecular formula is C22H23NO6S. The normalized spacial score (nSPS) is 12.5. The van der Waals surface area contributed by atoms with E-state index >= 15 is 0 Å². The number of rotatable bonds is 8. The van der Waals surface area contributed by atoms with Crippen LogP contribution in [0.25, 0.3) is 6.08 Å². The topological polar surface area (TPSA) is 90.9 Å². The van der Waals surface area contributed by atoms with Gasteiger partial charge in [-0.2, -0.15) is 0 Å². The average Bonchev–Trinajstić information content (AvgIpc) is 3.31. The molecule has 8 heteroatoms. The third-order valence-corrected chi connectivity index (χ3v) is 5.71. The molecule has 1 amide bonds. The second-order valence-corrected chi connectivity index (χ2v) is 7.65. The Morgan fingerprint density at radius 3 is 2.80 bits per heavy atom. The lowest BCUT2D eigenvalue weighted by molar-refractivity contribution is -0.142. The van der Waals surface area contributed by atoms with E-state index in [0.717, 1.165) is 35.3 Å². The third kappa shape index (κ3) is 5.27. The van der Waals surface area contributed by atoms with Gasteiger partial charge in [0.25, 0.3) is 5.91 Å². The molecule has 1 N–H and O–H groups in total. The molecule has 1 aliphatic rings. The van der Waals surface area contributed by atoms with Gasteiger partial charge in [-0.15, -0.1) is 11.3 Å². The van der Waals surface area contributed by atoms with Crippen LogP contribution in [0.3, 0.4) is 0 Å². The van der Waals surface area contributed by atoms with Crippen LogP contribution in [0.15, 0.2) is 30.3 Å². The highest BCUT2D eigenvalue weighted by atomic mass is 32.1. The molecule has 0 fully saturated rings. The van der Waals surface area contributed by atoms with Crippen LogP contribution in [0, 0.1) is 0 Å². The van der Waals surface area contributed by atoms with Gasteiger partial charge in [0.05, 0.1) is 19.3 Å². The Kier molecular flexibility index (Phi) is 7.24. The number of ether oxygens (including phenoxy) is 3. The SMILES string of the molecule is CCOC(=O)c1c(NC(=O)COC(=O)/C=C/c2cccc(OC)c2)sc2c1CCC2. The van der Waals surface area contributed by atoms with Crippen LogP contribution in [-0.2, 0) is 31.9 Å². The van der Waals surface area contributed by atoms with Crippen molar-refractivity contribution < 1.29 is 28.6 Å². The van der Waals surface area contributed by atoms with Crippen molar-refractivity contribution in [3.8, 4) is 5.75 Å². The summed E-state index contributed by atoms with van der Waals surface area (Å²) in [6.45, 7) is 1.54. The number of amides is 1. The molecule has 7 nitrogen and oxygen atoms in total. The van der Waals surface area contributed by atoms with Crippen molar-refractivity contribution >= 4 is 40.3 Å². The first-order valence-corrected chi connectivity index (χ1v) is 10.4. The molecule has 0 bridgehead atoms. The van der Waals surface area contributed by atoms with Crippen LogP contribution in [0.2, 0.25) is 0 Å². The number of hydrogen-bond donors (Lipinski definition) is 1. The molecule has 0 saturated heterocycles. The molecule has 0 aliphatic heterocycles. The minimum Gasteiger partial charge on any atom is -0.497 e. The molecule has 0 unspecified atom stereocenters. The second-order valence-electron chi connectivity index (χ2n) is 6.55. The zero-order valence-corrected chi connectivity index (χ0v) is 17.7. The first-order chi connectivity index (χ1) is 14.5. The molecule has 1 aliphatic carbocycles. The predicted molar refractivity (Wildman–Crippen MR) is 114 cm³/mol. The third-order valence-electron chi connectivity index (χ3n) is 4.50. The maximum atomic E-state index is 12.3. The molecule has 1 aromatic carbocycles. The zero-order chi connectivity index (χ0) is 21.5. The lowest BCUT2D eigenvalue weighted by Crippen LogP contribution is -2.21. The van der Waals surface area contributed by atoms with Crippen molar-refractivity contribution in [1.82, 2.24) is 0 Å². The summed E-state index contributed by atoms with van der Waals surface area (Å²) >= 11 is 1.38. The van der Waals surface area contributed by atoms with Crippen molar-refractivity contribution in [2.45, 2.75) is 26.2 Å². The Bertz CT molecular complexity index is 978. The molecule has 30 heavy (non-hydrogen) atoms. The summed E-state index contributed by atoms with van der Waals surface area (Å²) in [6, 6.07) is 7.18. The minimum absolute atomic E-state index is 0.258. The molecule has 0 spiro atoms. The molecular weight excluding hydrogens is 406 g/mol. The number of methoxy groups -OCH3 is 1. The van der Waals surface area contributed by atoms with E-state index in [-0.39, 0.29) is 6.61 Å². The van der Waals surface area contributed by atoms with Crippen molar-refractivity contribution in [3.05, 3.63) is 51.9 Å². The fourth-order valence-electron chi connectivity index (χ4n) is 3.17. The van der Waals surface area contributed by atoms with Crippen molar-refractivity contribution in [2.75, 3.05) is 25.6 Å². The largest absolute Gasteiger partial charge is 0.497 e. The number of nitrogens with one attached hydrogen (secondary N) is 1. The van der Waals surface area contributed by atoms with Gasteiger partial charge in [0, 0.05) is 11.0 Å². The van der Waals surface area contributed by atoms with Gasteiger partial charge in [-0.3, -0.25) is 4.79 Å². The number of fused-ring (bicyclic) bond motifs is 1. The molecule has 2 aromatic rings. The van der Waals surface area contributed by atoms with Gasteiger partial charge >= 0.3 is 11.9 Å². The number of aryl methyl sites for hydroxylation is 1. The maximum absolute atomic E-state index is 12.3. The summed E-state index contributed by atoms with van der Waals surface area (Å²) in [7, 11) is 1.56. The molecule has 1 aromatic heterocycles. The Labute approximate surface area is 178 Å². The number of thiophene rings is 1. The van der Waals surface area contributed by atoms with E-state index in [1.54, 1.807) is 38.3 Å². The molecule has 0 saturated carbocycles. The van der Waals surface area contributed by atoms with Gasteiger partial charge in [0.1, 0.15) is 10.8 Å². The van der Waals surface area contributed by atoms with Crippen LogP contribution in [0.4, 0.5) is 5.00 Å². The van der Waals surface area contributed by atoms with Crippen LogP contribution in [-0.4, -0.2) is 38.2 Å². The lowest BCUT2D eigenvalue weighted by atomic mass is 10.1. The Morgan fingerprint density at radius 1 is 1.20 bits per heavy atom. The summed E-state index contributed by atoms with van der Waals surface area (Å²) in [5.41, 5.74) is 2.14. The fraction of sp³-hybridized carbons (Fsp3) is 0.318. The van der Waals surface area contributed by atoms with Gasteiger partial charge in [0.2, 0.25) is 0 Å². The number of benzene rings is 1. The van der Waals surface area contributed by atoms with E-state index in [1.165, 1.54) is 17.4 Å². The molecule has 1 heterocycles.